The molecule has 0 saturated heterocycles. The van der Waals surface area contributed by atoms with Gasteiger partial charge in [0.05, 0.1) is 6.21 Å². The van der Waals surface area contributed by atoms with Gasteiger partial charge in [-0.1, -0.05) is 0 Å². The third kappa shape index (κ3) is 0.914. The maximum atomic E-state index is 9.96. The van der Waals surface area contributed by atoms with Gasteiger partial charge in [0.2, 0.25) is 5.79 Å². The largest absolute Gasteiger partial charge is 0.359 e. The van der Waals surface area contributed by atoms with Gasteiger partial charge >= 0.3 is 0 Å². The van der Waals surface area contributed by atoms with Crippen LogP contribution in [0, 0.1) is 0 Å². The molecule has 50 valence electrons. The molecule has 1 rings (SSSR count). The molecule has 0 amide bonds. The number of carbonyl (C=O) groups excluding carboxylic acids is 1. The van der Waals surface area contributed by atoms with Crippen LogP contribution in [0.4, 0.5) is 0 Å². The number of rotatable bonds is 1. The minimum atomic E-state index is -2.11. The van der Waals surface area contributed by atoms with E-state index >= 15 is 0 Å². The van der Waals surface area contributed by atoms with Crippen molar-refractivity contribution in [1.29, 1.82) is 0 Å². The molecule has 0 aromatic heterocycles. The fourth-order valence-corrected chi connectivity index (χ4v) is 0.518. The first-order chi connectivity index (χ1) is 4.17. The first-order valence-electron chi connectivity index (χ1n) is 2.36. The summed E-state index contributed by atoms with van der Waals surface area (Å²) in [5.41, 5.74) is 2.20. The highest BCUT2D eigenvalue weighted by molar-refractivity contribution is 5.77. The van der Waals surface area contributed by atoms with E-state index in [1.165, 1.54) is 0 Å². The van der Waals surface area contributed by atoms with Gasteiger partial charge in [-0.15, -0.1) is 0 Å². The summed E-state index contributed by atoms with van der Waals surface area (Å²) in [5.74, 6) is -2.11. The van der Waals surface area contributed by atoms with Crippen molar-refractivity contribution in [2.24, 2.45) is 5.10 Å². The van der Waals surface area contributed by atoms with E-state index in [2.05, 4.69) is 10.5 Å². The number of aliphatic hydroxyl groups is 2. The third-order valence-corrected chi connectivity index (χ3v) is 1.06. The summed E-state index contributed by atoms with van der Waals surface area (Å²) in [6, 6.07) is -1.03. The van der Waals surface area contributed by atoms with Crippen molar-refractivity contribution in [3.63, 3.8) is 0 Å². The van der Waals surface area contributed by atoms with Gasteiger partial charge in [0.15, 0.2) is 6.04 Å². The van der Waals surface area contributed by atoms with Crippen LogP contribution in [0.25, 0.3) is 0 Å². The Labute approximate surface area is 51.0 Å². The fraction of sp³-hybridized carbons (Fsp3) is 0.500. The van der Waals surface area contributed by atoms with Gasteiger partial charge in [-0.2, -0.15) is 5.10 Å². The standard InChI is InChI=1S/C4H6N2O3/c7-1-3-4(8,9)2-5-6-3/h1-3,6,8-9H. The first-order valence-corrected chi connectivity index (χ1v) is 2.36. The molecule has 5 nitrogen and oxygen atoms in total. The number of aldehydes is 1. The zero-order valence-electron chi connectivity index (χ0n) is 4.48. The second-order valence-corrected chi connectivity index (χ2v) is 1.78. The summed E-state index contributed by atoms with van der Waals surface area (Å²) in [6.45, 7) is 0. The average Bonchev–Trinajstić information content (AvgIpc) is 2.08. The highest BCUT2D eigenvalue weighted by Gasteiger charge is 2.36. The monoisotopic (exact) mass is 130 g/mol. The molecule has 5 heteroatoms. The van der Waals surface area contributed by atoms with Gasteiger partial charge in [-0.25, -0.2) is 0 Å². The van der Waals surface area contributed by atoms with Crippen molar-refractivity contribution >= 4 is 12.5 Å². The number of nitrogens with zero attached hydrogens (tertiary/aromatic N) is 1. The molecular weight excluding hydrogens is 124 g/mol. The Morgan fingerprint density at radius 1 is 1.78 bits per heavy atom. The van der Waals surface area contributed by atoms with Crippen LogP contribution in [0.3, 0.4) is 0 Å². The Balaban J connectivity index is 2.71. The number of hydrazone groups is 1. The van der Waals surface area contributed by atoms with Gasteiger partial charge in [0, 0.05) is 0 Å². The SMILES string of the molecule is O=CC1NN=CC1(O)O. The van der Waals surface area contributed by atoms with Gasteiger partial charge in [0.1, 0.15) is 6.29 Å². The summed E-state index contributed by atoms with van der Waals surface area (Å²) in [6.07, 6.45) is 1.25. The molecule has 0 aromatic rings. The maximum absolute atomic E-state index is 9.96. The molecule has 0 aromatic carbocycles. The molecule has 1 heterocycles. The minimum Gasteiger partial charge on any atom is -0.359 e. The van der Waals surface area contributed by atoms with Crippen LogP contribution in [0.5, 0.6) is 0 Å². The first kappa shape index (κ1) is 6.18. The van der Waals surface area contributed by atoms with Gasteiger partial charge in [-0.05, 0) is 0 Å². The predicted molar refractivity (Wildman–Crippen MR) is 28.6 cm³/mol. The lowest BCUT2D eigenvalue weighted by atomic mass is 10.2. The topological polar surface area (TPSA) is 81.9 Å². The van der Waals surface area contributed by atoms with Crippen LogP contribution in [-0.4, -0.2) is 34.5 Å². The molecule has 3 N–H and O–H groups in total. The minimum absolute atomic E-state index is 0.382. The highest BCUT2D eigenvalue weighted by atomic mass is 16.5. The molecule has 0 spiro atoms. The fourth-order valence-electron chi connectivity index (χ4n) is 0.518. The number of hydrogen-bond donors (Lipinski definition) is 3. The lowest BCUT2D eigenvalue weighted by molar-refractivity contribution is -0.133. The van der Waals surface area contributed by atoms with E-state index in [0.717, 1.165) is 6.21 Å². The Morgan fingerprint density at radius 3 is 2.67 bits per heavy atom. The van der Waals surface area contributed by atoms with E-state index in [1.54, 1.807) is 0 Å². The summed E-state index contributed by atoms with van der Waals surface area (Å²) < 4.78 is 0. The van der Waals surface area contributed by atoms with Gasteiger partial charge in [-0.3, -0.25) is 5.43 Å². The van der Waals surface area contributed by atoms with Gasteiger partial charge < -0.3 is 15.0 Å². The summed E-state index contributed by atoms with van der Waals surface area (Å²) in [4.78, 5) is 9.96. The molecule has 0 bridgehead atoms. The lowest BCUT2D eigenvalue weighted by Gasteiger charge is -2.14. The Hall–Kier alpha value is -0.940. The second-order valence-electron chi connectivity index (χ2n) is 1.78. The predicted octanol–water partition coefficient (Wildman–Crippen LogP) is -2.18. The molecule has 0 radical (unpaired) electrons. The molecule has 1 atom stereocenters. The second kappa shape index (κ2) is 1.78. The quantitative estimate of drug-likeness (QED) is 0.278. The maximum Gasteiger partial charge on any atom is 0.231 e. The zero-order valence-corrected chi connectivity index (χ0v) is 4.48. The summed E-state index contributed by atoms with van der Waals surface area (Å²) in [7, 11) is 0. The van der Waals surface area contributed by atoms with E-state index in [1.807, 2.05) is 0 Å². The van der Waals surface area contributed by atoms with Crippen molar-refractivity contribution in [1.82, 2.24) is 5.43 Å². The Morgan fingerprint density at radius 2 is 2.44 bits per heavy atom. The van der Waals surface area contributed by atoms with E-state index in [-0.39, 0.29) is 0 Å². The van der Waals surface area contributed by atoms with Crippen LogP contribution in [0.15, 0.2) is 5.10 Å². The average molecular weight is 130 g/mol. The molecule has 1 aliphatic heterocycles. The highest BCUT2D eigenvalue weighted by Crippen LogP contribution is 2.05. The number of nitrogens with one attached hydrogen (secondary N) is 1. The van der Waals surface area contributed by atoms with Crippen molar-refractivity contribution in [3.05, 3.63) is 0 Å². The van der Waals surface area contributed by atoms with E-state index in [4.69, 9.17) is 10.2 Å². The van der Waals surface area contributed by atoms with Crippen molar-refractivity contribution < 1.29 is 15.0 Å². The van der Waals surface area contributed by atoms with Crippen LogP contribution >= 0.6 is 0 Å². The third-order valence-electron chi connectivity index (χ3n) is 1.06. The molecule has 1 unspecified atom stereocenters. The van der Waals surface area contributed by atoms with Crippen LogP contribution in [-0.2, 0) is 4.79 Å². The molecular formula is C4H6N2O3. The van der Waals surface area contributed by atoms with Crippen LogP contribution in [0.2, 0.25) is 0 Å². The molecule has 0 fully saturated rings. The van der Waals surface area contributed by atoms with Crippen molar-refractivity contribution in [2.75, 3.05) is 0 Å². The zero-order chi connectivity index (χ0) is 6.91. The summed E-state index contributed by atoms with van der Waals surface area (Å²) >= 11 is 0. The lowest BCUT2D eigenvalue weighted by Crippen LogP contribution is -2.46. The Kier molecular flexibility index (Phi) is 1.22. The van der Waals surface area contributed by atoms with E-state index in [9.17, 15) is 4.79 Å². The normalized spacial score (nSPS) is 29.8. The Bertz CT molecular complexity index is 154. The molecule has 1 aliphatic rings. The van der Waals surface area contributed by atoms with Crippen molar-refractivity contribution in [2.45, 2.75) is 11.8 Å². The summed E-state index contributed by atoms with van der Waals surface area (Å²) in [5, 5.41) is 20.8. The molecule has 0 saturated carbocycles. The van der Waals surface area contributed by atoms with E-state index in [0.29, 0.717) is 6.29 Å². The molecule has 0 aliphatic carbocycles. The van der Waals surface area contributed by atoms with Crippen molar-refractivity contribution in [3.8, 4) is 0 Å². The molecule has 9 heavy (non-hydrogen) atoms. The number of carbonyl (C=O) groups is 1. The van der Waals surface area contributed by atoms with Crippen LogP contribution < -0.4 is 5.43 Å². The van der Waals surface area contributed by atoms with Crippen LogP contribution in [0.1, 0.15) is 0 Å². The smallest absolute Gasteiger partial charge is 0.231 e. The number of hydrogen-bond acceptors (Lipinski definition) is 5. The van der Waals surface area contributed by atoms with Gasteiger partial charge in [0.25, 0.3) is 0 Å². The van der Waals surface area contributed by atoms with E-state index < -0.39 is 11.8 Å².